The third kappa shape index (κ3) is 4.18. The van der Waals surface area contributed by atoms with Gasteiger partial charge in [-0.25, -0.2) is 4.98 Å². The number of aromatic nitrogens is 3. The molecule has 2 aliphatic heterocycles. The van der Waals surface area contributed by atoms with Gasteiger partial charge in [0.25, 0.3) is 0 Å². The molecule has 0 spiro atoms. The van der Waals surface area contributed by atoms with E-state index in [1.165, 1.54) is 0 Å². The number of ether oxygens (including phenoxy) is 4. The van der Waals surface area contributed by atoms with Crippen LogP contribution in [0.4, 0.5) is 0 Å². The predicted octanol–water partition coefficient (Wildman–Crippen LogP) is 2.32. The Morgan fingerprint density at radius 3 is 2.89 bits per heavy atom. The summed E-state index contributed by atoms with van der Waals surface area (Å²) >= 11 is 8.31. The van der Waals surface area contributed by atoms with Crippen LogP contribution in [-0.4, -0.2) is 72.7 Å². The van der Waals surface area contributed by atoms with Gasteiger partial charge in [-0.05, 0) is 34.7 Å². The van der Waals surface area contributed by atoms with Crippen molar-refractivity contribution in [2.75, 3.05) is 19.8 Å². The number of aliphatic hydroxyl groups is 1. The number of imidazole rings is 1. The third-order valence-corrected chi connectivity index (χ3v) is 7.44. The zero-order valence-corrected chi connectivity index (χ0v) is 19.5. The molecule has 1 radical (unpaired) electrons. The van der Waals surface area contributed by atoms with Crippen LogP contribution in [0.5, 0.6) is 6.01 Å². The van der Waals surface area contributed by atoms with Gasteiger partial charge in [0.05, 0.1) is 18.2 Å². The van der Waals surface area contributed by atoms with Crippen LogP contribution in [0.3, 0.4) is 0 Å². The van der Waals surface area contributed by atoms with Gasteiger partial charge in [0, 0.05) is 15.4 Å². The Kier molecular flexibility index (Phi) is 6.45. The van der Waals surface area contributed by atoms with Crippen molar-refractivity contribution in [1.82, 2.24) is 14.5 Å². The van der Waals surface area contributed by atoms with Crippen molar-refractivity contribution in [3.63, 3.8) is 0 Å². The molecule has 0 unspecified atom stereocenters. The van der Waals surface area contributed by atoms with Crippen molar-refractivity contribution < 1.29 is 24.1 Å². The van der Waals surface area contributed by atoms with Gasteiger partial charge in [-0.3, -0.25) is 4.57 Å². The van der Waals surface area contributed by atoms with Gasteiger partial charge in [-0.1, -0.05) is 24.7 Å². The molecule has 2 aliphatic rings. The van der Waals surface area contributed by atoms with E-state index in [0.717, 1.165) is 6.04 Å². The molecule has 4 rings (SSSR count). The number of rotatable bonds is 7. The van der Waals surface area contributed by atoms with Crippen LogP contribution in [-0.2, 0) is 20.9 Å². The summed E-state index contributed by atoms with van der Waals surface area (Å²) in [6.45, 7) is 6.07. The molecule has 0 aliphatic carbocycles. The summed E-state index contributed by atoms with van der Waals surface area (Å²) in [5, 5.41) is 10.5. The minimum Gasteiger partial charge on any atom is -0.456 e. The van der Waals surface area contributed by atoms with Crippen LogP contribution in [0, 0.1) is 3.70 Å². The van der Waals surface area contributed by atoms with E-state index < -0.39 is 6.10 Å². The lowest BCUT2D eigenvalue weighted by molar-refractivity contribution is 0.00337. The monoisotopic (exact) mass is 538 g/mol. The lowest BCUT2D eigenvalue weighted by Crippen LogP contribution is -2.35. The minimum absolute atomic E-state index is 0.252. The minimum atomic E-state index is -0.623. The van der Waals surface area contributed by atoms with E-state index in [9.17, 15) is 5.11 Å². The quantitative estimate of drug-likeness (QED) is 0.251. The third-order valence-electron chi connectivity index (χ3n) is 4.80. The average Bonchev–Trinajstić information content (AvgIpc) is 3.30. The second-order valence-electron chi connectivity index (χ2n) is 7.24. The molecule has 0 amide bonds. The summed E-state index contributed by atoms with van der Waals surface area (Å²) in [5.41, 5.74) is 1.30. The van der Waals surface area contributed by atoms with Crippen molar-refractivity contribution >= 4 is 54.2 Å². The predicted molar refractivity (Wildman–Crippen MR) is 113 cm³/mol. The lowest BCUT2D eigenvalue weighted by Gasteiger charge is -2.18. The molecule has 0 aromatic carbocycles. The van der Waals surface area contributed by atoms with Crippen LogP contribution in [0.25, 0.3) is 11.2 Å². The van der Waals surface area contributed by atoms with Crippen molar-refractivity contribution in [2.24, 2.45) is 0 Å². The van der Waals surface area contributed by atoms with Crippen LogP contribution < -0.4 is 4.74 Å². The number of hydrogen-bond donors (Lipinski definition) is 1. The Balaban J connectivity index is 1.58. The van der Waals surface area contributed by atoms with E-state index in [0.29, 0.717) is 39.1 Å². The Bertz CT molecular complexity index is 854. The molecule has 153 valence electrons. The largest absolute Gasteiger partial charge is 0.456 e. The second-order valence-corrected chi connectivity index (χ2v) is 11.6. The number of aliphatic hydroxyl groups excluding tert-OH is 1. The Morgan fingerprint density at radius 2 is 2.11 bits per heavy atom. The van der Waals surface area contributed by atoms with E-state index in [2.05, 4.69) is 45.7 Å². The van der Waals surface area contributed by atoms with Crippen molar-refractivity contribution in [3.8, 4) is 6.01 Å². The molecule has 11 heteroatoms. The summed E-state index contributed by atoms with van der Waals surface area (Å²) in [6.07, 6.45) is -1.65. The maximum atomic E-state index is 9.93. The van der Waals surface area contributed by atoms with E-state index in [1.807, 2.05) is 4.57 Å². The first-order valence-electron chi connectivity index (χ1n) is 9.11. The second kappa shape index (κ2) is 8.70. The number of nitrogens with zero attached hydrogens (tertiary/aromatic N) is 3. The molecule has 4 atom stereocenters. The first-order chi connectivity index (χ1) is 13.4. The SMILES string of the molecule is C[Si](C)CCOCn1c(O[C@@H]2CO[C@H]3[C@@H]2OC[C@H]3O)nc2cc(Cl)c(I)nc21. The number of fused-ring (bicyclic) bond motifs is 2. The number of halogens is 2. The Hall–Kier alpha value is -0.503. The van der Waals surface area contributed by atoms with Gasteiger partial charge in [0.15, 0.2) is 11.8 Å². The molecule has 28 heavy (non-hydrogen) atoms. The lowest BCUT2D eigenvalue weighted by atomic mass is 10.1. The number of hydrogen-bond acceptors (Lipinski definition) is 7. The molecule has 2 aromatic heterocycles. The first kappa shape index (κ1) is 20.8. The van der Waals surface area contributed by atoms with Crippen LogP contribution in [0.1, 0.15) is 0 Å². The summed E-state index contributed by atoms with van der Waals surface area (Å²) in [4.78, 5) is 9.13. The molecule has 1 N–H and O–H groups in total. The fraction of sp³-hybridized carbons (Fsp3) is 0.647. The standard InChI is InChI=1S/C17H22ClIN3O5Si/c1-28(2)4-3-24-8-22-16-10(5-9(18)15(19)21-16)20-17(22)27-12-7-26-13-11(23)6-25-14(12)13/h5,11-14,23H,3-4,6-8H2,1-2H3/t11-,12-,13-,14-/m1/s1. The molecule has 0 saturated carbocycles. The van der Waals surface area contributed by atoms with Crippen molar-refractivity contribution in [2.45, 2.75) is 50.3 Å². The van der Waals surface area contributed by atoms with E-state index in [-0.39, 0.29) is 40.4 Å². The van der Waals surface area contributed by atoms with Crippen molar-refractivity contribution in [3.05, 3.63) is 14.8 Å². The van der Waals surface area contributed by atoms with E-state index in [1.54, 1.807) is 6.07 Å². The smallest absolute Gasteiger partial charge is 0.301 e. The molecule has 0 bridgehead atoms. The molecule has 4 heterocycles. The number of pyridine rings is 1. The van der Waals surface area contributed by atoms with Gasteiger partial charge in [-0.15, -0.1) is 0 Å². The van der Waals surface area contributed by atoms with Gasteiger partial charge in [-0.2, -0.15) is 4.98 Å². The van der Waals surface area contributed by atoms with Gasteiger partial charge < -0.3 is 24.1 Å². The highest BCUT2D eigenvalue weighted by Crippen LogP contribution is 2.31. The topological polar surface area (TPSA) is 87.9 Å². The van der Waals surface area contributed by atoms with Crippen molar-refractivity contribution in [1.29, 1.82) is 0 Å². The molecular formula is C17H22ClIN3O5Si. The molecule has 2 aromatic rings. The molecular weight excluding hydrogens is 517 g/mol. The zero-order valence-electron chi connectivity index (χ0n) is 15.6. The molecule has 8 nitrogen and oxygen atoms in total. The summed E-state index contributed by atoms with van der Waals surface area (Å²) < 4.78 is 25.8. The fourth-order valence-corrected chi connectivity index (χ4v) is 4.38. The average molecular weight is 539 g/mol. The normalized spacial score (nSPS) is 27.1. The first-order valence-corrected chi connectivity index (χ1v) is 13.3. The van der Waals surface area contributed by atoms with Gasteiger partial charge >= 0.3 is 6.01 Å². The van der Waals surface area contributed by atoms with Crippen LogP contribution in [0.15, 0.2) is 6.07 Å². The fourth-order valence-electron chi connectivity index (χ4n) is 3.30. The highest BCUT2D eigenvalue weighted by Gasteiger charge is 2.48. The highest BCUT2D eigenvalue weighted by atomic mass is 127. The summed E-state index contributed by atoms with van der Waals surface area (Å²) in [6, 6.07) is 3.23. The Morgan fingerprint density at radius 1 is 1.32 bits per heavy atom. The van der Waals surface area contributed by atoms with Crippen LogP contribution >= 0.6 is 34.2 Å². The van der Waals surface area contributed by atoms with Crippen LogP contribution in [0.2, 0.25) is 24.2 Å². The summed E-state index contributed by atoms with van der Waals surface area (Å²) in [5.74, 6) is 0. The van der Waals surface area contributed by atoms with Gasteiger partial charge in [0.2, 0.25) is 0 Å². The zero-order chi connectivity index (χ0) is 19.8. The Labute approximate surface area is 183 Å². The van der Waals surface area contributed by atoms with E-state index >= 15 is 0 Å². The molecule has 2 fully saturated rings. The highest BCUT2D eigenvalue weighted by molar-refractivity contribution is 14.1. The van der Waals surface area contributed by atoms with Gasteiger partial charge in [0.1, 0.15) is 34.3 Å². The molecule has 2 saturated heterocycles. The van der Waals surface area contributed by atoms with E-state index in [4.69, 9.17) is 30.5 Å². The summed E-state index contributed by atoms with van der Waals surface area (Å²) in [7, 11) is -0.345. The maximum Gasteiger partial charge on any atom is 0.301 e. The maximum absolute atomic E-state index is 9.93.